The fraction of sp³-hybridized carbons (Fsp3) is 0.375. The van der Waals surface area contributed by atoms with Gasteiger partial charge in [-0.3, -0.25) is 4.79 Å². The van der Waals surface area contributed by atoms with Crippen molar-refractivity contribution in [3.05, 3.63) is 64.5 Å². The Morgan fingerprint density at radius 1 is 1.07 bits per heavy atom. The Kier molecular flexibility index (Phi) is 11.3. The summed E-state index contributed by atoms with van der Waals surface area (Å²) in [4.78, 5) is 42.4. The quantitative estimate of drug-likeness (QED) is 0.123. The van der Waals surface area contributed by atoms with Crippen molar-refractivity contribution in [1.82, 2.24) is 4.90 Å². The number of thioether (sulfide) groups is 1. The number of carbonyl (C=O) groups excluding carboxylic acids is 3. The number of hydrogen-bond acceptors (Lipinski definition) is 9. The average Bonchev–Trinajstić information content (AvgIpc) is 3.35. The van der Waals surface area contributed by atoms with E-state index in [0.29, 0.717) is 40.8 Å². The molecule has 1 aliphatic rings. The van der Waals surface area contributed by atoms with Crippen LogP contribution in [-0.4, -0.2) is 59.6 Å². The van der Waals surface area contributed by atoms with Gasteiger partial charge in [0.05, 0.1) is 37.3 Å². The van der Waals surface area contributed by atoms with Crippen molar-refractivity contribution in [3.8, 4) is 5.75 Å². The molecule has 0 fully saturated rings. The van der Waals surface area contributed by atoms with Gasteiger partial charge < -0.3 is 35.1 Å². The van der Waals surface area contributed by atoms with Crippen molar-refractivity contribution in [2.45, 2.75) is 62.8 Å². The molecule has 45 heavy (non-hydrogen) atoms. The minimum absolute atomic E-state index is 0.234. The first-order valence-electron chi connectivity index (χ1n) is 14.4. The second-order valence-corrected chi connectivity index (χ2v) is 14.0. The molecule has 1 atom stereocenters. The second-order valence-electron chi connectivity index (χ2n) is 11.2. The minimum atomic E-state index is -0.620. The third-order valence-corrected chi connectivity index (χ3v) is 9.42. The Morgan fingerprint density at radius 3 is 2.51 bits per heavy atom. The maximum absolute atomic E-state index is 13.6. The van der Waals surface area contributed by atoms with Crippen LogP contribution in [0.2, 0.25) is 0 Å². The number of fused-ring (bicyclic) bond motifs is 1. The molecular formula is C32H38N4O6S3. The predicted molar refractivity (Wildman–Crippen MR) is 184 cm³/mol. The number of carbonyl (C=O) groups is 3. The summed E-state index contributed by atoms with van der Waals surface area (Å²) in [5.74, 6) is -0.0854. The second kappa shape index (κ2) is 15.0. The summed E-state index contributed by atoms with van der Waals surface area (Å²) in [6.07, 6.45) is 0.583. The van der Waals surface area contributed by atoms with Crippen molar-refractivity contribution in [1.29, 1.82) is 0 Å². The van der Waals surface area contributed by atoms with Crippen molar-refractivity contribution < 1.29 is 28.6 Å². The molecule has 2 aromatic carbocycles. The van der Waals surface area contributed by atoms with Crippen LogP contribution < -0.4 is 20.7 Å². The Morgan fingerprint density at radius 2 is 1.82 bits per heavy atom. The molecule has 3 N–H and O–H groups in total. The Bertz CT molecular complexity index is 1570. The largest absolute Gasteiger partial charge is 0.495 e. The van der Waals surface area contributed by atoms with Gasteiger partial charge in [0, 0.05) is 22.0 Å². The molecule has 240 valence electrons. The highest BCUT2D eigenvalue weighted by Gasteiger charge is 2.33. The van der Waals surface area contributed by atoms with E-state index in [4.69, 9.17) is 26.4 Å². The van der Waals surface area contributed by atoms with E-state index in [2.05, 4.69) is 16.0 Å². The van der Waals surface area contributed by atoms with Crippen molar-refractivity contribution in [3.63, 3.8) is 0 Å². The number of esters is 1. The van der Waals surface area contributed by atoms with E-state index in [9.17, 15) is 14.4 Å². The molecule has 1 unspecified atom stereocenters. The number of hydrogen-bond donors (Lipinski definition) is 3. The van der Waals surface area contributed by atoms with Crippen LogP contribution in [0.3, 0.4) is 0 Å². The first-order valence-corrected chi connectivity index (χ1v) is 16.5. The molecule has 0 saturated carbocycles. The number of methoxy groups -OCH3 is 2. The first-order chi connectivity index (χ1) is 21.4. The first kappa shape index (κ1) is 34.1. The fourth-order valence-electron chi connectivity index (χ4n) is 4.65. The molecule has 2 amide bonds. The van der Waals surface area contributed by atoms with Gasteiger partial charge in [0.2, 0.25) is 5.91 Å². The van der Waals surface area contributed by atoms with Gasteiger partial charge in [-0.1, -0.05) is 25.1 Å². The molecular weight excluding hydrogens is 633 g/mol. The van der Waals surface area contributed by atoms with Gasteiger partial charge >= 0.3 is 12.1 Å². The van der Waals surface area contributed by atoms with E-state index in [1.165, 1.54) is 30.2 Å². The molecule has 4 rings (SSSR count). The number of ether oxygens (including phenoxy) is 3. The Balaban J connectivity index is 1.45. The maximum atomic E-state index is 13.6. The summed E-state index contributed by atoms with van der Waals surface area (Å²) in [5, 5.41) is 9.69. The van der Waals surface area contributed by atoms with Gasteiger partial charge in [0.25, 0.3) is 0 Å². The van der Waals surface area contributed by atoms with Crippen LogP contribution in [0, 0.1) is 0 Å². The number of rotatable bonds is 9. The van der Waals surface area contributed by atoms with Crippen molar-refractivity contribution in [2.24, 2.45) is 0 Å². The number of para-hydroxylation sites is 2. The Labute approximate surface area is 277 Å². The third-order valence-electron chi connectivity index (χ3n) is 6.72. The van der Waals surface area contributed by atoms with Crippen LogP contribution in [0.25, 0.3) is 0 Å². The summed E-state index contributed by atoms with van der Waals surface area (Å²) < 4.78 is 16.0. The van der Waals surface area contributed by atoms with Crippen molar-refractivity contribution in [2.75, 3.05) is 36.7 Å². The summed E-state index contributed by atoms with van der Waals surface area (Å²) in [5.41, 5.74) is 2.02. The summed E-state index contributed by atoms with van der Waals surface area (Å²) in [7, 11) is 2.91. The molecule has 1 aliphatic heterocycles. The van der Waals surface area contributed by atoms with Crippen LogP contribution in [0.1, 0.15) is 54.9 Å². The molecule has 0 spiro atoms. The van der Waals surface area contributed by atoms with Gasteiger partial charge in [0.1, 0.15) is 16.4 Å². The zero-order chi connectivity index (χ0) is 32.7. The molecule has 3 aromatic rings. The smallest absolute Gasteiger partial charge is 0.410 e. The Hall–Kier alpha value is -3.81. The standard InChI is InChI=1S/C32H38N4O6S3/c1-7-24(44-20-12-10-11-19(17-20)33-30(43)34-22-13-8-9-14-23(22)40-5)27(37)35-28-26(29(38)41-6)21-15-16-36(18-25(21)45-28)31(39)42-32(2,3)4/h8-14,17,24H,7,15-16,18H2,1-6H3,(H,35,37)(H2,33,34,43). The van der Waals surface area contributed by atoms with Gasteiger partial charge in [-0.05, 0) is 81.7 Å². The zero-order valence-electron chi connectivity index (χ0n) is 26.1. The normalized spacial score (nSPS) is 13.2. The highest BCUT2D eigenvalue weighted by molar-refractivity contribution is 8.00. The summed E-state index contributed by atoms with van der Waals surface area (Å²) >= 11 is 8.21. The van der Waals surface area contributed by atoms with Crippen LogP contribution >= 0.6 is 35.3 Å². The molecule has 0 aliphatic carbocycles. The van der Waals surface area contributed by atoms with Gasteiger partial charge in [-0.25, -0.2) is 9.59 Å². The summed E-state index contributed by atoms with van der Waals surface area (Å²) in [6, 6.07) is 15.1. The number of thiocarbonyl (C=S) groups is 1. The van der Waals surface area contributed by atoms with Gasteiger partial charge in [0.15, 0.2) is 5.11 Å². The van der Waals surface area contributed by atoms with E-state index < -0.39 is 22.9 Å². The number of amides is 2. The lowest BCUT2D eigenvalue weighted by molar-refractivity contribution is -0.115. The molecule has 10 nitrogen and oxygen atoms in total. The number of thiophene rings is 1. The lowest BCUT2D eigenvalue weighted by Crippen LogP contribution is -2.39. The van der Waals surface area contributed by atoms with Crippen molar-refractivity contribution >= 4 is 74.8 Å². The molecule has 1 aromatic heterocycles. The van der Waals surface area contributed by atoms with E-state index >= 15 is 0 Å². The van der Waals surface area contributed by atoms with E-state index in [1.807, 2.05) is 76.2 Å². The zero-order valence-corrected chi connectivity index (χ0v) is 28.6. The van der Waals surface area contributed by atoms with Crippen LogP contribution in [0.15, 0.2) is 53.4 Å². The van der Waals surface area contributed by atoms with Gasteiger partial charge in [-0.2, -0.15) is 0 Å². The maximum Gasteiger partial charge on any atom is 0.410 e. The van der Waals surface area contributed by atoms with Crippen LogP contribution in [0.4, 0.5) is 21.2 Å². The van der Waals surface area contributed by atoms with Gasteiger partial charge in [-0.15, -0.1) is 23.1 Å². The fourth-order valence-corrected chi connectivity index (χ4v) is 7.15. The van der Waals surface area contributed by atoms with Crippen LogP contribution in [0.5, 0.6) is 5.75 Å². The van der Waals surface area contributed by atoms with E-state index in [0.717, 1.165) is 26.7 Å². The minimum Gasteiger partial charge on any atom is -0.495 e. The third kappa shape index (κ3) is 8.89. The molecule has 0 saturated heterocycles. The highest BCUT2D eigenvalue weighted by Crippen LogP contribution is 2.39. The molecule has 2 heterocycles. The number of benzene rings is 2. The topological polar surface area (TPSA) is 118 Å². The lowest BCUT2D eigenvalue weighted by Gasteiger charge is -2.30. The number of anilines is 3. The monoisotopic (exact) mass is 670 g/mol. The lowest BCUT2D eigenvalue weighted by atomic mass is 10.0. The average molecular weight is 671 g/mol. The summed E-state index contributed by atoms with van der Waals surface area (Å²) in [6.45, 7) is 8.07. The molecule has 0 bridgehead atoms. The number of nitrogens with one attached hydrogen (secondary N) is 3. The van der Waals surface area contributed by atoms with Crippen LogP contribution in [-0.2, 0) is 27.2 Å². The predicted octanol–water partition coefficient (Wildman–Crippen LogP) is 7.15. The highest BCUT2D eigenvalue weighted by atomic mass is 32.2. The molecule has 0 radical (unpaired) electrons. The van der Waals surface area contributed by atoms with E-state index in [1.54, 1.807) is 12.0 Å². The number of nitrogens with zero attached hydrogens (tertiary/aromatic N) is 1. The van der Waals surface area contributed by atoms with E-state index in [-0.39, 0.29) is 12.5 Å². The SMILES string of the molecule is CCC(Sc1cccc(NC(=S)Nc2ccccc2OC)c1)C(=O)Nc1sc2c(c1C(=O)OC)CCN(C(=O)OC(C)(C)C)C2. The molecule has 13 heteroatoms.